The number of anilines is 1. The predicted octanol–water partition coefficient (Wildman–Crippen LogP) is 1.52. The number of benzene rings is 1. The van der Waals surface area contributed by atoms with Crippen molar-refractivity contribution in [3.8, 4) is 0 Å². The minimum atomic E-state index is -0.642. The van der Waals surface area contributed by atoms with E-state index in [1.54, 1.807) is 0 Å². The molecule has 2 aromatic rings. The summed E-state index contributed by atoms with van der Waals surface area (Å²) < 4.78 is 5.39. The molecule has 1 aromatic heterocycles. The molecule has 1 fully saturated rings. The smallest absolute Gasteiger partial charge is 0.270 e. The van der Waals surface area contributed by atoms with Crippen molar-refractivity contribution in [2.45, 2.75) is 44.9 Å². The minimum absolute atomic E-state index is 0.184. The number of aliphatic hydroxyl groups excluding tert-OH is 1. The van der Waals surface area contributed by atoms with Gasteiger partial charge in [0.1, 0.15) is 17.8 Å². The third kappa shape index (κ3) is 5.58. The summed E-state index contributed by atoms with van der Waals surface area (Å²) in [5.74, 6) is 0.387. The second-order valence-electron chi connectivity index (χ2n) is 8.34. The van der Waals surface area contributed by atoms with E-state index in [1.165, 1.54) is 17.5 Å². The Labute approximate surface area is 183 Å². The maximum absolute atomic E-state index is 12.7. The summed E-state index contributed by atoms with van der Waals surface area (Å²) in [4.78, 5) is 23.4. The highest BCUT2D eigenvalue weighted by Gasteiger charge is 2.21. The fraction of sp³-hybridized carbons (Fsp3) is 0.522. The van der Waals surface area contributed by atoms with Crippen molar-refractivity contribution < 1.29 is 14.6 Å². The lowest BCUT2D eigenvalue weighted by Crippen LogP contribution is -2.42. The van der Waals surface area contributed by atoms with Crippen molar-refractivity contribution in [1.29, 1.82) is 0 Å². The van der Waals surface area contributed by atoms with Crippen LogP contribution in [0.15, 0.2) is 30.6 Å². The van der Waals surface area contributed by atoms with Crippen LogP contribution in [0.5, 0.6) is 0 Å². The van der Waals surface area contributed by atoms with Gasteiger partial charge in [-0.2, -0.15) is 0 Å². The van der Waals surface area contributed by atoms with Crippen LogP contribution in [0.25, 0.3) is 0 Å². The van der Waals surface area contributed by atoms with Crippen LogP contribution in [-0.2, 0) is 17.7 Å². The molecule has 0 aliphatic carbocycles. The van der Waals surface area contributed by atoms with Gasteiger partial charge in [-0.1, -0.05) is 24.3 Å². The number of amides is 1. The van der Waals surface area contributed by atoms with Crippen molar-refractivity contribution in [3.05, 3.63) is 53.0 Å². The number of aromatic nitrogens is 2. The minimum Gasteiger partial charge on any atom is -0.390 e. The Hall–Kier alpha value is -2.55. The average molecular weight is 426 g/mol. The zero-order valence-corrected chi connectivity index (χ0v) is 18.0. The monoisotopic (exact) mass is 425 g/mol. The first-order valence-corrected chi connectivity index (χ1v) is 11.0. The number of carbonyl (C=O) groups excluding carboxylic acids is 1. The van der Waals surface area contributed by atoms with Crippen LogP contribution < -0.4 is 10.6 Å². The van der Waals surface area contributed by atoms with E-state index in [9.17, 15) is 9.90 Å². The Morgan fingerprint density at radius 2 is 2.03 bits per heavy atom. The van der Waals surface area contributed by atoms with Gasteiger partial charge in [-0.05, 0) is 37.3 Å². The fourth-order valence-electron chi connectivity index (χ4n) is 4.23. The number of rotatable bonds is 7. The molecule has 0 unspecified atom stereocenters. The summed E-state index contributed by atoms with van der Waals surface area (Å²) in [6.07, 6.45) is 3.58. The molecule has 8 nitrogen and oxygen atoms in total. The molecule has 0 saturated carbocycles. The van der Waals surface area contributed by atoms with Gasteiger partial charge in [0.05, 0.1) is 6.10 Å². The van der Waals surface area contributed by atoms with Crippen LogP contribution in [0.2, 0.25) is 0 Å². The van der Waals surface area contributed by atoms with Crippen LogP contribution in [-0.4, -0.2) is 70.9 Å². The van der Waals surface area contributed by atoms with Crippen LogP contribution >= 0.6 is 0 Å². The molecule has 1 amide bonds. The Bertz CT molecular complexity index is 901. The molecule has 1 aromatic carbocycles. The summed E-state index contributed by atoms with van der Waals surface area (Å²) in [6, 6.07) is 8.71. The lowest BCUT2D eigenvalue weighted by atomic mass is 10.00. The molecule has 0 radical (unpaired) electrons. The maximum Gasteiger partial charge on any atom is 0.270 e. The van der Waals surface area contributed by atoms with Gasteiger partial charge in [0.2, 0.25) is 0 Å². The summed E-state index contributed by atoms with van der Waals surface area (Å²) in [7, 11) is 0. The molecule has 1 saturated heterocycles. The first kappa shape index (κ1) is 21.7. The van der Waals surface area contributed by atoms with Crippen molar-refractivity contribution in [1.82, 2.24) is 20.2 Å². The summed E-state index contributed by atoms with van der Waals surface area (Å²) in [6.45, 7) is 5.75. The average Bonchev–Trinajstić information content (AvgIpc) is 2.79. The Morgan fingerprint density at radius 1 is 1.26 bits per heavy atom. The fourth-order valence-corrected chi connectivity index (χ4v) is 4.23. The second-order valence-corrected chi connectivity index (χ2v) is 8.34. The highest BCUT2D eigenvalue weighted by atomic mass is 16.5. The van der Waals surface area contributed by atoms with Crippen LogP contribution in [0, 0.1) is 6.92 Å². The van der Waals surface area contributed by atoms with E-state index in [0.29, 0.717) is 23.6 Å². The number of hydrogen-bond donors (Lipinski definition) is 3. The van der Waals surface area contributed by atoms with Gasteiger partial charge < -0.3 is 20.5 Å². The van der Waals surface area contributed by atoms with E-state index < -0.39 is 6.10 Å². The second kappa shape index (κ2) is 10.2. The van der Waals surface area contributed by atoms with Gasteiger partial charge in [-0.25, -0.2) is 9.97 Å². The normalized spacial score (nSPS) is 18.3. The van der Waals surface area contributed by atoms with Crippen LogP contribution in [0.1, 0.15) is 40.0 Å². The molecule has 8 heteroatoms. The number of ether oxygens (including phenoxy) is 1. The van der Waals surface area contributed by atoms with E-state index in [2.05, 4.69) is 43.7 Å². The molecule has 2 aliphatic heterocycles. The first-order chi connectivity index (χ1) is 15.1. The van der Waals surface area contributed by atoms with Gasteiger partial charge in [-0.15, -0.1) is 0 Å². The number of nitrogens with zero attached hydrogens (tertiary/aromatic N) is 3. The van der Waals surface area contributed by atoms with E-state index in [0.717, 1.165) is 45.6 Å². The standard InChI is InChI=1S/C23H31N5O3/c1-16-21(25-15-26-22(16)27-19-7-10-31-11-8-19)23(30)24-12-20(29)14-28-9-6-17-4-2-3-5-18(17)13-28/h2-5,15,19-20,29H,6-14H2,1H3,(H,24,30)(H,25,26,27)/t20-/m0/s1. The summed E-state index contributed by atoms with van der Waals surface area (Å²) >= 11 is 0. The SMILES string of the molecule is Cc1c(NC2CCOCC2)ncnc1C(=O)NC[C@H](O)CN1CCc2ccccc2C1. The van der Waals surface area contributed by atoms with Crippen molar-refractivity contribution in [3.63, 3.8) is 0 Å². The summed E-state index contributed by atoms with van der Waals surface area (Å²) in [5.41, 5.74) is 3.74. The highest BCUT2D eigenvalue weighted by Crippen LogP contribution is 2.19. The van der Waals surface area contributed by atoms with E-state index in [4.69, 9.17) is 4.74 Å². The number of aliphatic hydroxyl groups is 1. The third-order valence-electron chi connectivity index (χ3n) is 6.04. The molecule has 166 valence electrons. The van der Waals surface area contributed by atoms with Crippen LogP contribution in [0.4, 0.5) is 5.82 Å². The number of hydrogen-bond acceptors (Lipinski definition) is 7. The molecule has 2 aliphatic rings. The molecule has 3 heterocycles. The maximum atomic E-state index is 12.7. The summed E-state index contributed by atoms with van der Waals surface area (Å²) in [5, 5.41) is 16.7. The van der Waals surface area contributed by atoms with Gasteiger partial charge >= 0.3 is 0 Å². The van der Waals surface area contributed by atoms with Gasteiger partial charge in [0.15, 0.2) is 0 Å². The number of nitrogens with one attached hydrogen (secondary N) is 2. The molecule has 1 atom stereocenters. The number of carbonyl (C=O) groups is 1. The van der Waals surface area contributed by atoms with E-state index >= 15 is 0 Å². The van der Waals surface area contributed by atoms with Gasteiger partial charge in [0, 0.05) is 51.0 Å². The van der Waals surface area contributed by atoms with Crippen molar-refractivity contribution in [2.75, 3.05) is 38.2 Å². The number of fused-ring (bicyclic) bond motifs is 1. The predicted molar refractivity (Wildman–Crippen MR) is 118 cm³/mol. The quantitative estimate of drug-likeness (QED) is 0.619. The largest absolute Gasteiger partial charge is 0.390 e. The van der Waals surface area contributed by atoms with Gasteiger partial charge in [0.25, 0.3) is 5.91 Å². The molecule has 4 rings (SSSR count). The molecule has 31 heavy (non-hydrogen) atoms. The zero-order valence-electron chi connectivity index (χ0n) is 18.0. The number of β-amino-alcohol motifs (C(OH)–C–C–N with tert-alkyl or cyclic N) is 1. The topological polar surface area (TPSA) is 99.6 Å². The highest BCUT2D eigenvalue weighted by molar-refractivity contribution is 5.94. The van der Waals surface area contributed by atoms with Crippen molar-refractivity contribution >= 4 is 11.7 Å². The molecule has 0 bridgehead atoms. The van der Waals surface area contributed by atoms with Crippen LogP contribution in [0.3, 0.4) is 0 Å². The molecular weight excluding hydrogens is 394 g/mol. The lowest BCUT2D eigenvalue weighted by molar-refractivity contribution is 0.0837. The van der Waals surface area contributed by atoms with Crippen molar-refractivity contribution in [2.24, 2.45) is 0 Å². The van der Waals surface area contributed by atoms with E-state index in [-0.39, 0.29) is 18.5 Å². The Balaban J connectivity index is 1.29. The van der Waals surface area contributed by atoms with E-state index in [1.807, 2.05) is 13.0 Å². The zero-order chi connectivity index (χ0) is 21.6. The molecular formula is C23H31N5O3. The first-order valence-electron chi connectivity index (χ1n) is 11.0. The lowest BCUT2D eigenvalue weighted by Gasteiger charge is -2.30. The molecule has 0 spiro atoms. The Morgan fingerprint density at radius 3 is 2.84 bits per heavy atom. The third-order valence-corrected chi connectivity index (χ3v) is 6.04. The Kier molecular flexibility index (Phi) is 7.11. The van der Waals surface area contributed by atoms with Gasteiger partial charge in [-0.3, -0.25) is 9.69 Å². The molecule has 3 N–H and O–H groups in total.